The van der Waals surface area contributed by atoms with Gasteiger partial charge in [-0.2, -0.15) is 0 Å². The van der Waals surface area contributed by atoms with Gasteiger partial charge in [0.2, 0.25) is 11.8 Å². The van der Waals surface area contributed by atoms with E-state index in [1.54, 1.807) is 26.4 Å². The lowest BCUT2D eigenvalue weighted by molar-refractivity contribution is -0.134. The number of ether oxygens (including phenoxy) is 2. The van der Waals surface area contributed by atoms with Crippen molar-refractivity contribution in [3.8, 4) is 11.5 Å². The molecular formula is C18H27N3O4. The van der Waals surface area contributed by atoms with Crippen LogP contribution in [0.5, 0.6) is 11.5 Å². The molecule has 0 atom stereocenters. The van der Waals surface area contributed by atoms with Gasteiger partial charge in [0.05, 0.1) is 27.2 Å². The first-order valence-corrected chi connectivity index (χ1v) is 8.55. The Balaban J connectivity index is 1.80. The molecule has 1 aliphatic heterocycles. The summed E-state index contributed by atoms with van der Waals surface area (Å²) in [5.74, 6) is 0.981. The second kappa shape index (κ2) is 9.27. The Kier molecular flexibility index (Phi) is 7.06. The van der Waals surface area contributed by atoms with E-state index < -0.39 is 0 Å². The van der Waals surface area contributed by atoms with Crippen LogP contribution in [0.1, 0.15) is 12.5 Å². The first kappa shape index (κ1) is 19.1. The van der Waals surface area contributed by atoms with Crippen molar-refractivity contribution in [1.82, 2.24) is 15.1 Å². The van der Waals surface area contributed by atoms with Gasteiger partial charge in [0, 0.05) is 26.2 Å². The molecule has 1 heterocycles. The van der Waals surface area contributed by atoms with Crippen LogP contribution in [0.25, 0.3) is 0 Å². The van der Waals surface area contributed by atoms with E-state index in [0.717, 1.165) is 38.3 Å². The summed E-state index contributed by atoms with van der Waals surface area (Å²) < 4.78 is 10.4. The van der Waals surface area contributed by atoms with Crippen molar-refractivity contribution in [2.45, 2.75) is 13.3 Å². The van der Waals surface area contributed by atoms with Crippen molar-refractivity contribution in [3.05, 3.63) is 23.8 Å². The molecule has 7 nitrogen and oxygen atoms in total. The second-order valence-electron chi connectivity index (χ2n) is 5.96. The Bertz CT molecular complexity index is 598. The molecule has 0 bridgehead atoms. The fraction of sp³-hybridized carbons (Fsp3) is 0.556. The molecule has 2 rings (SSSR count). The molecule has 1 aromatic carbocycles. The zero-order valence-electron chi connectivity index (χ0n) is 15.2. The minimum Gasteiger partial charge on any atom is -0.493 e. The Morgan fingerprint density at radius 1 is 1.08 bits per heavy atom. The third kappa shape index (κ3) is 5.35. The minimum atomic E-state index is -0.187. The van der Waals surface area contributed by atoms with Gasteiger partial charge in [-0.15, -0.1) is 0 Å². The largest absolute Gasteiger partial charge is 0.493 e. The lowest BCUT2D eigenvalue weighted by Crippen LogP contribution is -2.51. The molecule has 0 radical (unpaired) electrons. The molecule has 1 N–H and O–H groups in total. The van der Waals surface area contributed by atoms with Crippen molar-refractivity contribution in [1.29, 1.82) is 0 Å². The highest BCUT2D eigenvalue weighted by Gasteiger charge is 2.20. The highest BCUT2D eigenvalue weighted by atomic mass is 16.5. The summed E-state index contributed by atoms with van der Waals surface area (Å²) in [6, 6.07) is 5.34. The number of rotatable bonds is 7. The van der Waals surface area contributed by atoms with Crippen molar-refractivity contribution in [2.75, 3.05) is 53.5 Å². The van der Waals surface area contributed by atoms with Gasteiger partial charge in [0.15, 0.2) is 11.5 Å². The number of carbonyl (C=O) groups excluding carboxylic acids is 2. The highest BCUT2D eigenvalue weighted by Crippen LogP contribution is 2.27. The first-order valence-electron chi connectivity index (χ1n) is 8.55. The van der Waals surface area contributed by atoms with E-state index in [2.05, 4.69) is 17.1 Å². The number of nitrogens with one attached hydrogen (secondary N) is 1. The molecule has 0 aromatic heterocycles. The molecule has 1 aliphatic rings. The van der Waals surface area contributed by atoms with Crippen LogP contribution >= 0.6 is 0 Å². The maximum absolute atomic E-state index is 12.2. The standard InChI is InChI=1S/C18H27N3O4/c1-4-20-7-9-21(10-8-20)18(23)13-19-17(22)12-14-5-6-15(24-2)16(11-14)25-3/h5-6,11H,4,7-10,12-13H2,1-3H3,(H,19,22). The number of benzene rings is 1. The van der Waals surface area contributed by atoms with Gasteiger partial charge in [0.25, 0.3) is 0 Å². The van der Waals surface area contributed by atoms with Gasteiger partial charge in [-0.1, -0.05) is 13.0 Å². The molecule has 2 amide bonds. The number of piperazine rings is 1. The lowest BCUT2D eigenvalue weighted by atomic mass is 10.1. The Hall–Kier alpha value is -2.28. The molecule has 1 fully saturated rings. The van der Waals surface area contributed by atoms with E-state index in [9.17, 15) is 9.59 Å². The van der Waals surface area contributed by atoms with Crippen molar-refractivity contribution in [3.63, 3.8) is 0 Å². The fourth-order valence-electron chi connectivity index (χ4n) is 2.84. The molecule has 1 aromatic rings. The van der Waals surface area contributed by atoms with E-state index in [0.29, 0.717) is 11.5 Å². The summed E-state index contributed by atoms with van der Waals surface area (Å²) in [4.78, 5) is 28.4. The molecule has 25 heavy (non-hydrogen) atoms. The van der Waals surface area contributed by atoms with Crippen molar-refractivity contribution in [2.24, 2.45) is 0 Å². The smallest absolute Gasteiger partial charge is 0.242 e. The van der Waals surface area contributed by atoms with Crippen LogP contribution in [0.2, 0.25) is 0 Å². The minimum absolute atomic E-state index is 0.0311. The number of carbonyl (C=O) groups is 2. The van der Waals surface area contributed by atoms with E-state index in [1.807, 2.05) is 11.0 Å². The van der Waals surface area contributed by atoms with Crippen LogP contribution in [0.15, 0.2) is 18.2 Å². The van der Waals surface area contributed by atoms with Crippen LogP contribution in [-0.4, -0.2) is 75.1 Å². The highest BCUT2D eigenvalue weighted by molar-refractivity contribution is 5.85. The summed E-state index contributed by atoms with van der Waals surface area (Å²) >= 11 is 0. The fourth-order valence-corrected chi connectivity index (χ4v) is 2.84. The number of amides is 2. The quantitative estimate of drug-likeness (QED) is 0.777. The predicted octanol–water partition coefficient (Wildman–Crippen LogP) is 0.527. The number of hydrogen-bond donors (Lipinski definition) is 1. The lowest BCUT2D eigenvalue weighted by Gasteiger charge is -2.34. The van der Waals surface area contributed by atoms with Gasteiger partial charge < -0.3 is 24.6 Å². The predicted molar refractivity (Wildman–Crippen MR) is 95.0 cm³/mol. The van der Waals surface area contributed by atoms with Gasteiger partial charge in [-0.3, -0.25) is 9.59 Å². The van der Waals surface area contributed by atoms with Gasteiger partial charge >= 0.3 is 0 Å². The van der Waals surface area contributed by atoms with Crippen LogP contribution < -0.4 is 14.8 Å². The van der Waals surface area contributed by atoms with Crippen LogP contribution in [0, 0.1) is 0 Å². The molecule has 0 spiro atoms. The first-order chi connectivity index (χ1) is 12.1. The molecule has 0 unspecified atom stereocenters. The third-order valence-electron chi connectivity index (χ3n) is 4.42. The number of likely N-dealkylation sites (N-methyl/N-ethyl adjacent to an activating group) is 1. The van der Waals surface area contributed by atoms with Gasteiger partial charge in [-0.25, -0.2) is 0 Å². The Morgan fingerprint density at radius 2 is 1.76 bits per heavy atom. The van der Waals surface area contributed by atoms with Crippen LogP contribution in [-0.2, 0) is 16.0 Å². The summed E-state index contributed by atoms with van der Waals surface area (Å²) in [6.45, 7) is 6.38. The second-order valence-corrected chi connectivity index (χ2v) is 5.96. The van der Waals surface area contributed by atoms with E-state index in [-0.39, 0.29) is 24.8 Å². The van der Waals surface area contributed by atoms with Crippen molar-refractivity contribution < 1.29 is 19.1 Å². The number of methoxy groups -OCH3 is 2. The zero-order chi connectivity index (χ0) is 18.2. The third-order valence-corrected chi connectivity index (χ3v) is 4.42. The molecule has 1 saturated heterocycles. The molecule has 0 saturated carbocycles. The SMILES string of the molecule is CCN1CCN(C(=O)CNC(=O)Cc2ccc(OC)c(OC)c2)CC1. The molecular weight excluding hydrogens is 322 g/mol. The number of nitrogens with zero attached hydrogens (tertiary/aromatic N) is 2. The van der Waals surface area contributed by atoms with Crippen molar-refractivity contribution >= 4 is 11.8 Å². The monoisotopic (exact) mass is 349 g/mol. The topological polar surface area (TPSA) is 71.1 Å². The normalized spacial score (nSPS) is 14.9. The Morgan fingerprint density at radius 3 is 2.36 bits per heavy atom. The summed E-state index contributed by atoms with van der Waals surface area (Å²) in [7, 11) is 3.12. The Labute approximate surface area is 148 Å². The average Bonchev–Trinajstić information content (AvgIpc) is 2.66. The van der Waals surface area contributed by atoms with E-state index in [1.165, 1.54) is 0 Å². The van der Waals surface area contributed by atoms with E-state index in [4.69, 9.17) is 9.47 Å². The number of hydrogen-bond acceptors (Lipinski definition) is 5. The molecule has 0 aliphatic carbocycles. The van der Waals surface area contributed by atoms with E-state index >= 15 is 0 Å². The van der Waals surface area contributed by atoms with Crippen LogP contribution in [0.3, 0.4) is 0 Å². The summed E-state index contributed by atoms with van der Waals surface area (Å²) in [6.07, 6.45) is 0.192. The maximum Gasteiger partial charge on any atom is 0.242 e. The van der Waals surface area contributed by atoms with Gasteiger partial charge in [-0.05, 0) is 24.2 Å². The maximum atomic E-state index is 12.2. The van der Waals surface area contributed by atoms with Crippen LogP contribution in [0.4, 0.5) is 0 Å². The molecule has 7 heteroatoms. The van der Waals surface area contributed by atoms with Gasteiger partial charge in [0.1, 0.15) is 0 Å². The molecule has 138 valence electrons. The zero-order valence-corrected chi connectivity index (χ0v) is 15.2. The average molecular weight is 349 g/mol. The summed E-state index contributed by atoms with van der Waals surface area (Å²) in [5.41, 5.74) is 0.805. The summed E-state index contributed by atoms with van der Waals surface area (Å²) in [5, 5.41) is 2.70.